The number of hydrogen-bond donors (Lipinski definition) is 2. The summed E-state index contributed by atoms with van der Waals surface area (Å²) in [4.78, 5) is 28.1. The highest BCUT2D eigenvalue weighted by molar-refractivity contribution is 6.06. The molecule has 0 unspecified atom stereocenters. The van der Waals surface area contributed by atoms with Crippen molar-refractivity contribution in [2.75, 3.05) is 25.0 Å². The van der Waals surface area contributed by atoms with Crippen molar-refractivity contribution in [2.45, 2.75) is 56.5 Å². The number of amides is 2. The minimum absolute atomic E-state index is 0.101. The van der Waals surface area contributed by atoms with Gasteiger partial charge >= 0.3 is 6.09 Å². The first-order valence-corrected chi connectivity index (χ1v) is 9.70. The van der Waals surface area contributed by atoms with Gasteiger partial charge in [0.05, 0.1) is 5.41 Å². The lowest BCUT2D eigenvalue weighted by Gasteiger charge is -2.39. The van der Waals surface area contributed by atoms with Gasteiger partial charge in [0.1, 0.15) is 0 Å². The van der Waals surface area contributed by atoms with Crippen molar-refractivity contribution in [1.82, 2.24) is 9.80 Å². The van der Waals surface area contributed by atoms with E-state index >= 15 is 0 Å². The lowest BCUT2D eigenvalue weighted by Crippen LogP contribution is -2.46. The summed E-state index contributed by atoms with van der Waals surface area (Å²) in [6.07, 6.45) is 3.82. The van der Waals surface area contributed by atoms with Gasteiger partial charge in [0.25, 0.3) is 0 Å². The van der Waals surface area contributed by atoms with Gasteiger partial charge in [0, 0.05) is 37.4 Å². The van der Waals surface area contributed by atoms with Crippen molar-refractivity contribution in [2.24, 2.45) is 0 Å². The number of anilines is 1. The second kappa shape index (κ2) is 6.58. The number of para-hydroxylation sites is 1. The number of fused-ring (bicyclic) bond motifs is 2. The molecular weight excluding hydrogens is 330 g/mol. The van der Waals surface area contributed by atoms with E-state index in [0.717, 1.165) is 56.4 Å². The Morgan fingerprint density at radius 2 is 2.04 bits per heavy atom. The molecule has 26 heavy (non-hydrogen) atoms. The lowest BCUT2D eigenvalue weighted by molar-refractivity contribution is -0.122. The van der Waals surface area contributed by atoms with E-state index in [9.17, 15) is 14.7 Å². The monoisotopic (exact) mass is 357 g/mol. The van der Waals surface area contributed by atoms with Crippen molar-refractivity contribution in [3.05, 3.63) is 29.8 Å². The molecule has 1 saturated heterocycles. The van der Waals surface area contributed by atoms with E-state index in [1.807, 2.05) is 25.1 Å². The van der Waals surface area contributed by atoms with Crippen LogP contribution in [0.5, 0.6) is 0 Å². The molecule has 4 rings (SSSR count). The Bertz CT molecular complexity index is 712. The highest BCUT2D eigenvalue weighted by Crippen LogP contribution is 2.48. The van der Waals surface area contributed by atoms with E-state index < -0.39 is 6.09 Å². The Kier molecular flexibility index (Phi) is 4.39. The van der Waals surface area contributed by atoms with Crippen molar-refractivity contribution in [3.63, 3.8) is 0 Å². The Balaban J connectivity index is 1.42. The fourth-order valence-electron chi connectivity index (χ4n) is 5.23. The highest BCUT2D eigenvalue weighted by Gasteiger charge is 2.49. The van der Waals surface area contributed by atoms with Crippen molar-refractivity contribution in [1.29, 1.82) is 0 Å². The van der Waals surface area contributed by atoms with E-state index in [0.29, 0.717) is 12.6 Å². The van der Waals surface area contributed by atoms with Crippen LogP contribution in [0.25, 0.3) is 0 Å². The van der Waals surface area contributed by atoms with E-state index in [-0.39, 0.29) is 17.4 Å². The maximum absolute atomic E-state index is 12.7. The van der Waals surface area contributed by atoms with Crippen LogP contribution in [0, 0.1) is 0 Å². The van der Waals surface area contributed by atoms with E-state index in [1.165, 1.54) is 0 Å². The Hall–Kier alpha value is -2.08. The molecule has 3 aliphatic rings. The lowest BCUT2D eigenvalue weighted by atomic mass is 9.68. The summed E-state index contributed by atoms with van der Waals surface area (Å²) in [6, 6.07) is 8.62. The molecule has 2 N–H and O–H groups in total. The van der Waals surface area contributed by atoms with Gasteiger partial charge in [-0.15, -0.1) is 0 Å². The third-order valence-electron chi connectivity index (χ3n) is 6.67. The fourth-order valence-corrected chi connectivity index (χ4v) is 5.23. The molecule has 1 aromatic carbocycles. The molecule has 1 spiro atoms. The number of carbonyl (C=O) groups excluding carboxylic acids is 1. The Morgan fingerprint density at radius 1 is 1.31 bits per heavy atom. The number of likely N-dealkylation sites (tertiary alicyclic amines) is 1. The molecule has 0 bridgehead atoms. The number of hydrogen-bond acceptors (Lipinski definition) is 3. The average Bonchev–Trinajstić information content (AvgIpc) is 3.21. The number of benzene rings is 1. The number of nitrogens with one attached hydrogen (secondary N) is 1. The van der Waals surface area contributed by atoms with Crippen molar-refractivity contribution in [3.8, 4) is 0 Å². The first-order valence-electron chi connectivity index (χ1n) is 9.70. The predicted molar refractivity (Wildman–Crippen MR) is 99.4 cm³/mol. The number of nitrogens with zero attached hydrogens (tertiary/aromatic N) is 2. The van der Waals surface area contributed by atoms with Gasteiger partial charge in [0.2, 0.25) is 5.91 Å². The van der Waals surface area contributed by atoms with Gasteiger partial charge in [-0.25, -0.2) is 4.79 Å². The molecule has 6 nitrogen and oxygen atoms in total. The summed E-state index contributed by atoms with van der Waals surface area (Å²) in [7, 11) is 0. The van der Waals surface area contributed by atoms with Crippen LogP contribution in [0.2, 0.25) is 0 Å². The minimum atomic E-state index is -0.818. The topological polar surface area (TPSA) is 72.9 Å². The molecule has 6 heteroatoms. The van der Waals surface area contributed by atoms with Gasteiger partial charge in [-0.2, -0.15) is 0 Å². The van der Waals surface area contributed by atoms with E-state index in [4.69, 9.17) is 0 Å². The predicted octanol–water partition coefficient (Wildman–Crippen LogP) is 2.89. The zero-order valence-corrected chi connectivity index (χ0v) is 15.3. The molecule has 1 saturated carbocycles. The van der Waals surface area contributed by atoms with Crippen LogP contribution in [0.4, 0.5) is 10.5 Å². The second-order valence-electron chi connectivity index (χ2n) is 7.82. The van der Waals surface area contributed by atoms with Crippen LogP contribution >= 0.6 is 0 Å². The smallest absolute Gasteiger partial charge is 0.407 e. The first-order chi connectivity index (χ1) is 12.5. The van der Waals surface area contributed by atoms with Crippen LogP contribution < -0.4 is 5.32 Å². The Labute approximate surface area is 154 Å². The zero-order chi connectivity index (χ0) is 18.3. The summed E-state index contributed by atoms with van der Waals surface area (Å²) in [5.74, 6) is 0.152. The fraction of sp³-hybridized carbons (Fsp3) is 0.600. The Morgan fingerprint density at radius 3 is 2.73 bits per heavy atom. The van der Waals surface area contributed by atoms with Crippen LogP contribution in [0.3, 0.4) is 0 Å². The minimum Gasteiger partial charge on any atom is -0.465 e. The summed E-state index contributed by atoms with van der Waals surface area (Å²) < 4.78 is 0. The van der Waals surface area contributed by atoms with Crippen molar-refractivity contribution >= 4 is 17.7 Å². The molecule has 1 aromatic rings. The number of carboxylic acid groups (broad SMARTS) is 1. The van der Waals surface area contributed by atoms with E-state index in [1.54, 1.807) is 4.90 Å². The van der Waals surface area contributed by atoms with Gasteiger partial charge in [0.15, 0.2) is 0 Å². The number of likely N-dealkylation sites (N-methyl/N-ethyl adjacent to an activating group) is 1. The van der Waals surface area contributed by atoms with Crippen LogP contribution in [0.1, 0.15) is 44.6 Å². The molecule has 0 aromatic heterocycles. The normalized spacial score (nSPS) is 31.0. The third kappa shape index (κ3) is 2.67. The SMILES string of the molecule is CCN(C(=O)O)[C@@H]1CCN(C2CCC3(CC2)C(=O)Nc2ccccc23)C1. The molecule has 140 valence electrons. The molecule has 2 aliphatic heterocycles. The van der Waals surface area contributed by atoms with Gasteiger partial charge < -0.3 is 15.3 Å². The van der Waals surface area contributed by atoms with Crippen molar-refractivity contribution < 1.29 is 14.7 Å². The summed E-state index contributed by atoms with van der Waals surface area (Å²) in [5.41, 5.74) is 1.77. The van der Waals surface area contributed by atoms with Crippen LogP contribution in [0.15, 0.2) is 24.3 Å². The third-order valence-corrected chi connectivity index (χ3v) is 6.67. The van der Waals surface area contributed by atoms with Gasteiger partial charge in [-0.05, 0) is 50.7 Å². The van der Waals surface area contributed by atoms with Gasteiger partial charge in [-0.1, -0.05) is 18.2 Å². The maximum Gasteiger partial charge on any atom is 0.407 e. The average molecular weight is 357 g/mol. The highest BCUT2D eigenvalue weighted by atomic mass is 16.4. The van der Waals surface area contributed by atoms with E-state index in [2.05, 4.69) is 16.3 Å². The molecule has 2 heterocycles. The molecule has 2 amide bonds. The summed E-state index contributed by atoms with van der Waals surface area (Å²) in [6.45, 7) is 4.21. The standard InChI is InChI=1S/C20H27N3O3/c1-2-23(19(25)26)15-9-12-22(13-15)14-7-10-20(11-8-14)16-5-3-4-6-17(16)21-18(20)24/h3-6,14-15H,2,7-13H2,1H3,(H,21,24)(H,25,26)/t14?,15-,20?/m1/s1. The molecule has 1 atom stereocenters. The molecule has 0 radical (unpaired) electrons. The first kappa shape index (κ1) is 17.3. The van der Waals surface area contributed by atoms with Gasteiger partial charge in [-0.3, -0.25) is 9.69 Å². The van der Waals surface area contributed by atoms with Crippen LogP contribution in [-0.2, 0) is 10.2 Å². The second-order valence-corrected chi connectivity index (χ2v) is 7.82. The summed E-state index contributed by atoms with van der Waals surface area (Å²) in [5, 5.41) is 12.4. The van der Waals surface area contributed by atoms with Crippen LogP contribution in [-0.4, -0.2) is 58.6 Å². The number of carbonyl (C=O) groups is 2. The zero-order valence-electron chi connectivity index (χ0n) is 15.3. The molecule has 1 aliphatic carbocycles. The number of rotatable bonds is 3. The maximum atomic E-state index is 12.7. The quantitative estimate of drug-likeness (QED) is 0.872. The summed E-state index contributed by atoms with van der Waals surface area (Å²) >= 11 is 0. The largest absolute Gasteiger partial charge is 0.465 e. The molecule has 2 fully saturated rings. The molecular formula is C20H27N3O3.